The average Bonchev–Trinajstić information content (AvgIpc) is 2.77. The van der Waals surface area contributed by atoms with Gasteiger partial charge in [-0.05, 0) is 49.3 Å². The van der Waals surface area contributed by atoms with Crippen molar-refractivity contribution < 1.29 is 4.79 Å². The van der Waals surface area contributed by atoms with Crippen LogP contribution in [0.1, 0.15) is 34.3 Å². The van der Waals surface area contributed by atoms with E-state index < -0.39 is 0 Å². The number of carbonyl (C=O) groups is 1. The van der Waals surface area contributed by atoms with Gasteiger partial charge in [-0.15, -0.1) is 0 Å². The first-order valence-corrected chi connectivity index (χ1v) is 10.2. The topological polar surface area (TPSA) is 58.1 Å². The van der Waals surface area contributed by atoms with Crippen molar-refractivity contribution in [2.45, 2.75) is 26.2 Å². The Hall–Kier alpha value is -3.21. The number of aromatic nitrogens is 2. The quantitative estimate of drug-likeness (QED) is 0.702. The van der Waals surface area contributed by atoms with E-state index in [2.05, 4.69) is 50.5 Å². The Kier molecular flexibility index (Phi) is 5.84. The number of aryl methyl sites for hydroxylation is 1. The fraction of sp³-hybridized carbons (Fsp3) is 0.292. The monoisotopic (exact) mass is 386 g/mol. The number of nitrogens with one attached hydrogen (secondary N) is 1. The van der Waals surface area contributed by atoms with Crippen LogP contribution in [0, 0.1) is 12.8 Å². The van der Waals surface area contributed by atoms with Gasteiger partial charge in [0.15, 0.2) is 0 Å². The first-order valence-electron chi connectivity index (χ1n) is 10.2. The van der Waals surface area contributed by atoms with Crippen LogP contribution < -0.4 is 10.2 Å². The highest BCUT2D eigenvalue weighted by molar-refractivity contribution is 6.04. The summed E-state index contributed by atoms with van der Waals surface area (Å²) in [7, 11) is 0. The van der Waals surface area contributed by atoms with Gasteiger partial charge in [-0.2, -0.15) is 0 Å². The lowest BCUT2D eigenvalue weighted by Gasteiger charge is -2.32. The molecule has 3 aromatic rings. The third-order valence-corrected chi connectivity index (χ3v) is 5.56. The van der Waals surface area contributed by atoms with Gasteiger partial charge in [0.25, 0.3) is 5.91 Å². The van der Waals surface area contributed by atoms with E-state index in [0.717, 1.165) is 43.6 Å². The Morgan fingerprint density at radius 1 is 1.00 bits per heavy atom. The molecule has 0 spiro atoms. The molecule has 5 nitrogen and oxygen atoms in total. The summed E-state index contributed by atoms with van der Waals surface area (Å²) in [5.74, 6) is 1.22. The van der Waals surface area contributed by atoms with E-state index in [1.165, 1.54) is 5.56 Å². The van der Waals surface area contributed by atoms with Gasteiger partial charge in [0, 0.05) is 31.2 Å². The number of carbonyl (C=O) groups excluding carboxylic acids is 1. The van der Waals surface area contributed by atoms with Crippen molar-refractivity contribution in [2.24, 2.45) is 5.92 Å². The second kappa shape index (κ2) is 8.86. The summed E-state index contributed by atoms with van der Waals surface area (Å²) < 4.78 is 0. The number of amides is 1. The van der Waals surface area contributed by atoms with Gasteiger partial charge in [0.2, 0.25) is 5.95 Å². The maximum atomic E-state index is 12.5. The number of nitrogens with zero attached hydrogens (tertiary/aromatic N) is 3. The van der Waals surface area contributed by atoms with Crippen molar-refractivity contribution in [3.8, 4) is 0 Å². The molecule has 5 heteroatoms. The van der Waals surface area contributed by atoms with Crippen molar-refractivity contribution in [3.05, 3.63) is 83.7 Å². The Bertz CT molecular complexity index is 948. The zero-order chi connectivity index (χ0) is 20.1. The van der Waals surface area contributed by atoms with E-state index in [0.29, 0.717) is 17.4 Å². The van der Waals surface area contributed by atoms with Gasteiger partial charge < -0.3 is 10.2 Å². The zero-order valence-corrected chi connectivity index (χ0v) is 16.7. The summed E-state index contributed by atoms with van der Waals surface area (Å²) in [4.78, 5) is 23.6. The number of hydrogen-bond acceptors (Lipinski definition) is 4. The van der Waals surface area contributed by atoms with E-state index in [4.69, 9.17) is 0 Å². The molecule has 0 saturated carbocycles. The number of benzene rings is 2. The minimum atomic E-state index is -0.188. The van der Waals surface area contributed by atoms with Crippen molar-refractivity contribution >= 4 is 17.5 Å². The van der Waals surface area contributed by atoms with Crippen LogP contribution in [-0.2, 0) is 6.42 Å². The Labute approximate surface area is 171 Å². The average molecular weight is 386 g/mol. The number of para-hydroxylation sites is 1. The van der Waals surface area contributed by atoms with E-state index in [1.807, 2.05) is 31.2 Å². The van der Waals surface area contributed by atoms with Crippen LogP contribution in [0.4, 0.5) is 11.6 Å². The molecule has 1 aromatic heterocycles. The first kappa shape index (κ1) is 19.1. The summed E-state index contributed by atoms with van der Waals surface area (Å²) in [6.07, 6.45) is 6.63. The Morgan fingerprint density at radius 2 is 1.66 bits per heavy atom. The van der Waals surface area contributed by atoms with Crippen LogP contribution in [0.25, 0.3) is 0 Å². The normalized spacial score (nSPS) is 14.6. The smallest absolute Gasteiger partial charge is 0.258 e. The van der Waals surface area contributed by atoms with E-state index in [1.54, 1.807) is 12.4 Å². The second-order valence-corrected chi connectivity index (χ2v) is 7.66. The SMILES string of the molecule is Cc1ccccc1NC(=O)c1cnc(N2CCC(Cc3ccccc3)CC2)nc1. The molecular formula is C24H26N4O. The minimum Gasteiger partial charge on any atom is -0.341 e. The van der Waals surface area contributed by atoms with Crippen molar-refractivity contribution in [3.63, 3.8) is 0 Å². The van der Waals surface area contributed by atoms with Gasteiger partial charge in [0.05, 0.1) is 5.56 Å². The lowest BCUT2D eigenvalue weighted by Crippen LogP contribution is -2.35. The summed E-state index contributed by atoms with van der Waals surface area (Å²) in [5.41, 5.74) is 3.71. The number of anilines is 2. The van der Waals surface area contributed by atoms with Crippen LogP contribution in [-0.4, -0.2) is 29.0 Å². The van der Waals surface area contributed by atoms with Gasteiger partial charge in [-0.3, -0.25) is 4.79 Å². The Balaban J connectivity index is 1.33. The number of hydrogen-bond donors (Lipinski definition) is 1. The predicted octanol–water partition coefficient (Wildman–Crippen LogP) is 4.50. The molecule has 1 N–H and O–H groups in total. The van der Waals surface area contributed by atoms with Crippen molar-refractivity contribution in [1.29, 1.82) is 0 Å². The van der Waals surface area contributed by atoms with Crippen LogP contribution >= 0.6 is 0 Å². The highest BCUT2D eigenvalue weighted by Crippen LogP contribution is 2.24. The lowest BCUT2D eigenvalue weighted by molar-refractivity contribution is 0.102. The van der Waals surface area contributed by atoms with Crippen LogP contribution in [0.15, 0.2) is 67.0 Å². The molecule has 1 aliphatic rings. The summed E-state index contributed by atoms with van der Waals surface area (Å²) in [6, 6.07) is 18.4. The van der Waals surface area contributed by atoms with Gasteiger partial charge in [-0.25, -0.2) is 9.97 Å². The van der Waals surface area contributed by atoms with Gasteiger partial charge in [-0.1, -0.05) is 48.5 Å². The molecule has 0 bridgehead atoms. The van der Waals surface area contributed by atoms with Crippen molar-refractivity contribution in [1.82, 2.24) is 9.97 Å². The largest absolute Gasteiger partial charge is 0.341 e. The molecule has 2 heterocycles. The summed E-state index contributed by atoms with van der Waals surface area (Å²) in [6.45, 7) is 3.87. The molecule has 1 aliphatic heterocycles. The number of piperidine rings is 1. The highest BCUT2D eigenvalue weighted by Gasteiger charge is 2.21. The molecule has 2 aromatic carbocycles. The highest BCUT2D eigenvalue weighted by atomic mass is 16.1. The van der Waals surface area contributed by atoms with E-state index >= 15 is 0 Å². The van der Waals surface area contributed by atoms with E-state index in [-0.39, 0.29) is 5.91 Å². The molecule has 0 aliphatic carbocycles. The molecule has 1 saturated heterocycles. The lowest BCUT2D eigenvalue weighted by atomic mass is 9.90. The van der Waals surface area contributed by atoms with Crippen LogP contribution in [0.3, 0.4) is 0 Å². The van der Waals surface area contributed by atoms with Gasteiger partial charge >= 0.3 is 0 Å². The molecule has 1 fully saturated rings. The standard InChI is InChI=1S/C24H26N4O/c1-18-7-5-6-10-22(18)27-23(29)21-16-25-24(26-17-21)28-13-11-20(12-14-28)15-19-8-3-2-4-9-19/h2-10,16-17,20H,11-15H2,1H3,(H,27,29). The third kappa shape index (κ3) is 4.80. The van der Waals surface area contributed by atoms with Crippen LogP contribution in [0.5, 0.6) is 0 Å². The fourth-order valence-electron chi connectivity index (χ4n) is 3.79. The number of rotatable bonds is 5. The molecule has 0 atom stereocenters. The van der Waals surface area contributed by atoms with E-state index in [9.17, 15) is 4.79 Å². The maximum absolute atomic E-state index is 12.5. The summed E-state index contributed by atoms with van der Waals surface area (Å²) >= 11 is 0. The molecule has 4 rings (SSSR count). The first-order chi connectivity index (χ1) is 14.2. The van der Waals surface area contributed by atoms with Gasteiger partial charge in [0.1, 0.15) is 0 Å². The molecule has 29 heavy (non-hydrogen) atoms. The fourth-order valence-corrected chi connectivity index (χ4v) is 3.79. The molecule has 1 amide bonds. The molecule has 148 valence electrons. The minimum absolute atomic E-state index is 0.188. The predicted molar refractivity (Wildman–Crippen MR) is 116 cm³/mol. The van der Waals surface area contributed by atoms with Crippen LogP contribution in [0.2, 0.25) is 0 Å². The molecule has 0 radical (unpaired) electrons. The maximum Gasteiger partial charge on any atom is 0.258 e. The van der Waals surface area contributed by atoms with Crippen molar-refractivity contribution in [2.75, 3.05) is 23.3 Å². The Morgan fingerprint density at radius 3 is 2.34 bits per heavy atom. The summed E-state index contributed by atoms with van der Waals surface area (Å²) in [5, 5.41) is 2.92. The third-order valence-electron chi connectivity index (χ3n) is 5.56. The molecule has 0 unspecified atom stereocenters. The second-order valence-electron chi connectivity index (χ2n) is 7.66. The zero-order valence-electron chi connectivity index (χ0n) is 16.7. The molecular weight excluding hydrogens is 360 g/mol.